The number of nitrogens with zero attached hydrogens (tertiary/aromatic N) is 1. The summed E-state index contributed by atoms with van der Waals surface area (Å²) < 4.78 is 10.3. The number of rotatable bonds is 7. The van der Waals surface area contributed by atoms with Gasteiger partial charge in [-0.3, -0.25) is 14.5 Å². The highest BCUT2D eigenvalue weighted by Crippen LogP contribution is 2.26. The van der Waals surface area contributed by atoms with E-state index in [1.807, 2.05) is 0 Å². The Morgan fingerprint density at radius 1 is 1.08 bits per heavy atom. The van der Waals surface area contributed by atoms with Gasteiger partial charge >= 0.3 is 12.1 Å². The van der Waals surface area contributed by atoms with Crippen LogP contribution in [0.1, 0.15) is 36.7 Å². The first-order chi connectivity index (χ1) is 17.9. The number of hydrogen-bond acceptors (Lipinski definition) is 7. The van der Waals surface area contributed by atoms with Crippen LogP contribution in [-0.4, -0.2) is 65.2 Å². The number of anilines is 1. The summed E-state index contributed by atoms with van der Waals surface area (Å²) >= 11 is 13.6. The zero-order valence-corrected chi connectivity index (χ0v) is 23.7. The van der Waals surface area contributed by atoms with Crippen molar-refractivity contribution in [2.24, 2.45) is 0 Å². The average molecular weight is 583 g/mol. The summed E-state index contributed by atoms with van der Waals surface area (Å²) in [6.45, 7) is 5.25. The molecule has 2 aromatic carbocycles. The fourth-order valence-corrected chi connectivity index (χ4v) is 5.34. The fraction of sp³-hybridized carbons (Fsp3) is 0.385. The van der Waals surface area contributed by atoms with Crippen LogP contribution in [0.15, 0.2) is 42.5 Å². The molecule has 0 radical (unpaired) electrons. The average Bonchev–Trinajstić information content (AvgIpc) is 3.33. The van der Waals surface area contributed by atoms with Crippen LogP contribution < -0.4 is 10.6 Å². The first-order valence-electron chi connectivity index (χ1n) is 11.7. The van der Waals surface area contributed by atoms with Crippen molar-refractivity contribution in [2.75, 3.05) is 24.1 Å². The minimum Gasteiger partial charge on any atom is -0.467 e. The van der Waals surface area contributed by atoms with Crippen LogP contribution in [0.5, 0.6) is 0 Å². The second kappa shape index (κ2) is 12.7. The standard InChI is InChI=1S/C26H29Cl2N3O6S/c1-26(2,3)37-25(35)31-14-38-13-20(31)22(32)30-19(24(34)36-4)12-15-8-10-16(11-9-15)29-23(33)21-17(27)6-5-7-18(21)28/h5-11,19-20H,12-14H2,1-4H3,(H,29,33)(H,30,32). The van der Waals surface area contributed by atoms with E-state index in [1.165, 1.54) is 23.8 Å². The normalized spacial score (nSPS) is 15.9. The number of halogens is 2. The quantitative estimate of drug-likeness (QED) is 0.453. The maximum atomic E-state index is 13.1. The van der Waals surface area contributed by atoms with Crippen LogP contribution in [0.3, 0.4) is 0 Å². The lowest BCUT2D eigenvalue weighted by atomic mass is 10.0. The molecule has 0 spiro atoms. The van der Waals surface area contributed by atoms with Gasteiger partial charge < -0.3 is 20.1 Å². The number of benzene rings is 2. The molecule has 1 fully saturated rings. The third-order valence-electron chi connectivity index (χ3n) is 5.46. The maximum Gasteiger partial charge on any atom is 0.411 e. The largest absolute Gasteiger partial charge is 0.467 e. The van der Waals surface area contributed by atoms with Gasteiger partial charge in [-0.15, -0.1) is 11.8 Å². The summed E-state index contributed by atoms with van der Waals surface area (Å²) in [6.07, 6.45) is -0.456. The van der Waals surface area contributed by atoms with Crippen molar-refractivity contribution in [1.29, 1.82) is 0 Å². The maximum absolute atomic E-state index is 13.1. The zero-order chi connectivity index (χ0) is 28.0. The molecule has 0 saturated carbocycles. The van der Waals surface area contributed by atoms with Crippen molar-refractivity contribution in [1.82, 2.24) is 10.2 Å². The highest BCUT2D eigenvalue weighted by molar-refractivity contribution is 7.99. The Labute approximate surface area is 235 Å². The van der Waals surface area contributed by atoms with Crippen molar-refractivity contribution in [2.45, 2.75) is 44.9 Å². The highest BCUT2D eigenvalue weighted by Gasteiger charge is 2.38. The summed E-state index contributed by atoms with van der Waals surface area (Å²) in [5.74, 6) is -0.877. The van der Waals surface area contributed by atoms with Crippen molar-refractivity contribution in [3.05, 3.63) is 63.6 Å². The van der Waals surface area contributed by atoms with Crippen LogP contribution in [0.4, 0.5) is 10.5 Å². The molecule has 0 aromatic heterocycles. The van der Waals surface area contributed by atoms with E-state index in [2.05, 4.69) is 10.6 Å². The Hall–Kier alpha value is -2.95. The molecule has 2 N–H and O–H groups in total. The molecule has 38 heavy (non-hydrogen) atoms. The lowest BCUT2D eigenvalue weighted by Gasteiger charge is -2.28. The molecule has 0 bridgehead atoms. The Morgan fingerprint density at radius 3 is 2.29 bits per heavy atom. The van der Waals surface area contributed by atoms with Gasteiger partial charge in [0, 0.05) is 17.9 Å². The van der Waals surface area contributed by atoms with E-state index >= 15 is 0 Å². The van der Waals surface area contributed by atoms with E-state index < -0.39 is 41.6 Å². The van der Waals surface area contributed by atoms with E-state index in [1.54, 1.807) is 63.2 Å². The van der Waals surface area contributed by atoms with Crippen LogP contribution >= 0.6 is 35.0 Å². The minimum absolute atomic E-state index is 0.134. The van der Waals surface area contributed by atoms with Gasteiger partial charge in [0.25, 0.3) is 5.91 Å². The van der Waals surface area contributed by atoms with Gasteiger partial charge in [0.05, 0.1) is 28.6 Å². The van der Waals surface area contributed by atoms with E-state index in [-0.39, 0.29) is 22.0 Å². The predicted molar refractivity (Wildman–Crippen MR) is 148 cm³/mol. The second-order valence-corrected chi connectivity index (χ2v) is 11.3. The molecule has 1 aliphatic heterocycles. The molecule has 1 heterocycles. The number of carbonyl (C=O) groups is 4. The van der Waals surface area contributed by atoms with Crippen molar-refractivity contribution in [3.8, 4) is 0 Å². The molecule has 2 unspecified atom stereocenters. The molecule has 12 heteroatoms. The van der Waals surface area contributed by atoms with Crippen LogP contribution in [0.25, 0.3) is 0 Å². The number of carbonyl (C=O) groups excluding carboxylic acids is 4. The predicted octanol–water partition coefficient (Wildman–Crippen LogP) is 4.76. The van der Waals surface area contributed by atoms with Gasteiger partial charge in [0.2, 0.25) is 5.91 Å². The molecule has 2 atom stereocenters. The van der Waals surface area contributed by atoms with Crippen molar-refractivity contribution >= 4 is 64.5 Å². The number of hydrogen-bond donors (Lipinski definition) is 2. The molecule has 3 amide bonds. The Bertz CT molecular complexity index is 1180. The molecule has 2 aromatic rings. The zero-order valence-electron chi connectivity index (χ0n) is 21.4. The first-order valence-corrected chi connectivity index (χ1v) is 13.6. The SMILES string of the molecule is COC(=O)C(Cc1ccc(NC(=O)c2c(Cl)cccc2Cl)cc1)NC(=O)C1CSCN1C(=O)OC(C)(C)C. The first kappa shape index (κ1) is 29.6. The van der Waals surface area contributed by atoms with Gasteiger partial charge in [-0.05, 0) is 50.6 Å². The van der Waals surface area contributed by atoms with E-state index in [4.69, 9.17) is 32.7 Å². The molecule has 3 rings (SSSR count). The smallest absolute Gasteiger partial charge is 0.411 e. The summed E-state index contributed by atoms with van der Waals surface area (Å²) in [5.41, 5.74) is 0.660. The van der Waals surface area contributed by atoms with Gasteiger partial charge in [0.1, 0.15) is 17.7 Å². The van der Waals surface area contributed by atoms with Crippen molar-refractivity contribution in [3.63, 3.8) is 0 Å². The number of ether oxygens (including phenoxy) is 2. The molecule has 9 nitrogen and oxygen atoms in total. The summed E-state index contributed by atoms with van der Waals surface area (Å²) in [7, 11) is 1.23. The molecule has 1 saturated heterocycles. The second-order valence-electron chi connectivity index (χ2n) is 9.50. The summed E-state index contributed by atoms with van der Waals surface area (Å²) in [4.78, 5) is 52.1. The number of amides is 3. The lowest BCUT2D eigenvalue weighted by molar-refractivity contribution is -0.145. The minimum atomic E-state index is -0.985. The van der Waals surface area contributed by atoms with Crippen molar-refractivity contribution < 1.29 is 28.7 Å². The number of thioether (sulfide) groups is 1. The van der Waals surface area contributed by atoms with Crippen LogP contribution in [0, 0.1) is 0 Å². The molecular formula is C26H29Cl2N3O6S. The monoisotopic (exact) mass is 581 g/mol. The van der Waals surface area contributed by atoms with Gasteiger partial charge in [0.15, 0.2) is 0 Å². The third kappa shape index (κ3) is 7.78. The molecule has 0 aliphatic carbocycles. The van der Waals surface area contributed by atoms with Crippen LogP contribution in [0.2, 0.25) is 10.0 Å². The van der Waals surface area contributed by atoms with E-state index in [9.17, 15) is 19.2 Å². The number of esters is 1. The molecule has 1 aliphatic rings. The Morgan fingerprint density at radius 2 is 1.71 bits per heavy atom. The molecule has 204 valence electrons. The summed E-state index contributed by atoms with van der Waals surface area (Å²) in [5, 5.41) is 5.91. The van der Waals surface area contributed by atoms with Crippen LogP contribution in [-0.2, 0) is 25.5 Å². The van der Waals surface area contributed by atoms with E-state index in [0.717, 1.165) is 0 Å². The highest BCUT2D eigenvalue weighted by atomic mass is 35.5. The molecular weight excluding hydrogens is 553 g/mol. The third-order valence-corrected chi connectivity index (χ3v) is 7.10. The lowest BCUT2D eigenvalue weighted by Crippen LogP contribution is -2.53. The van der Waals surface area contributed by atoms with Gasteiger partial charge in [-0.1, -0.05) is 41.4 Å². The van der Waals surface area contributed by atoms with Gasteiger partial charge in [-0.25, -0.2) is 9.59 Å². The number of nitrogens with one attached hydrogen (secondary N) is 2. The summed E-state index contributed by atoms with van der Waals surface area (Å²) in [6, 6.07) is 9.77. The number of methoxy groups -OCH3 is 1. The fourth-order valence-electron chi connectivity index (χ4n) is 3.63. The Kier molecular flexibility index (Phi) is 9.92. The topological polar surface area (TPSA) is 114 Å². The Balaban J connectivity index is 1.66. The van der Waals surface area contributed by atoms with Gasteiger partial charge in [-0.2, -0.15) is 0 Å². The van der Waals surface area contributed by atoms with E-state index in [0.29, 0.717) is 22.9 Å².